The van der Waals surface area contributed by atoms with Crippen molar-refractivity contribution in [2.75, 3.05) is 6.54 Å². The smallest absolute Gasteiger partial charge is 0.290 e. The number of hydrogen-bond donors (Lipinski definition) is 0. The molecular formula is C24H25F3N4. The van der Waals surface area contributed by atoms with E-state index in [1.165, 1.54) is 12.1 Å². The summed E-state index contributed by atoms with van der Waals surface area (Å²) >= 11 is 0. The van der Waals surface area contributed by atoms with E-state index in [2.05, 4.69) is 14.9 Å². The lowest BCUT2D eigenvalue weighted by molar-refractivity contribution is -0.137. The number of hydrogen-bond acceptors (Lipinski definition) is 4. The van der Waals surface area contributed by atoms with Crippen molar-refractivity contribution in [3.8, 4) is 0 Å². The lowest BCUT2D eigenvalue weighted by atomic mass is 10.1. The Balaban J connectivity index is 1.46. The van der Waals surface area contributed by atoms with Crippen LogP contribution in [0.25, 0.3) is 0 Å². The van der Waals surface area contributed by atoms with Gasteiger partial charge in [0, 0.05) is 43.0 Å². The molecule has 0 aliphatic carbocycles. The van der Waals surface area contributed by atoms with Gasteiger partial charge in [-0.1, -0.05) is 25.1 Å². The topological polar surface area (TPSA) is 41.9 Å². The molecule has 1 aliphatic rings. The molecule has 4 nitrogen and oxygen atoms in total. The summed E-state index contributed by atoms with van der Waals surface area (Å²) in [6.07, 6.45) is 2.94. The summed E-state index contributed by atoms with van der Waals surface area (Å²) in [5.41, 5.74) is 3.14. The van der Waals surface area contributed by atoms with Crippen molar-refractivity contribution in [1.29, 1.82) is 0 Å². The molecule has 0 N–H and O–H groups in total. The Labute approximate surface area is 180 Å². The Morgan fingerprint density at radius 1 is 1.00 bits per heavy atom. The van der Waals surface area contributed by atoms with E-state index in [0.717, 1.165) is 72.8 Å². The second-order valence-electron chi connectivity index (χ2n) is 7.91. The number of aryl methyl sites for hydroxylation is 1. The molecule has 1 aliphatic heterocycles. The molecule has 0 radical (unpaired) electrons. The van der Waals surface area contributed by atoms with Crippen LogP contribution >= 0.6 is 0 Å². The van der Waals surface area contributed by atoms with Crippen molar-refractivity contribution >= 4 is 0 Å². The average Bonchev–Trinajstić information content (AvgIpc) is 3.22. The third-order valence-electron chi connectivity index (χ3n) is 5.66. The normalized spacial score (nSPS) is 17.2. The van der Waals surface area contributed by atoms with E-state index >= 15 is 0 Å². The van der Waals surface area contributed by atoms with Crippen molar-refractivity contribution in [2.24, 2.45) is 0 Å². The first-order valence-electron chi connectivity index (χ1n) is 10.6. The zero-order valence-electron chi connectivity index (χ0n) is 17.4. The first kappa shape index (κ1) is 21.4. The van der Waals surface area contributed by atoms with Gasteiger partial charge >= 0.3 is 6.18 Å². The van der Waals surface area contributed by atoms with Gasteiger partial charge in [0.2, 0.25) is 0 Å². The van der Waals surface area contributed by atoms with Gasteiger partial charge < -0.3 is 0 Å². The van der Waals surface area contributed by atoms with Gasteiger partial charge in [-0.3, -0.25) is 9.88 Å². The van der Waals surface area contributed by atoms with E-state index in [4.69, 9.17) is 4.98 Å². The highest BCUT2D eigenvalue weighted by Gasteiger charge is 2.30. The number of alkyl halides is 3. The van der Waals surface area contributed by atoms with Crippen molar-refractivity contribution in [3.63, 3.8) is 0 Å². The minimum atomic E-state index is -4.31. The average molecular weight is 426 g/mol. The summed E-state index contributed by atoms with van der Waals surface area (Å²) in [6, 6.07) is 11.5. The molecule has 3 heterocycles. The first-order valence-corrected chi connectivity index (χ1v) is 10.6. The quantitative estimate of drug-likeness (QED) is 0.531. The zero-order chi connectivity index (χ0) is 21.8. The second kappa shape index (κ2) is 9.14. The summed E-state index contributed by atoms with van der Waals surface area (Å²) in [5.74, 6) is 0.847. The first-order chi connectivity index (χ1) is 14.9. The highest BCUT2D eigenvalue weighted by molar-refractivity contribution is 5.28. The fraction of sp³-hybridized carbons (Fsp3) is 0.375. The van der Waals surface area contributed by atoms with Gasteiger partial charge in [-0.05, 0) is 49.2 Å². The monoisotopic (exact) mass is 426 g/mol. The fourth-order valence-corrected chi connectivity index (χ4v) is 4.03. The fourth-order valence-electron chi connectivity index (χ4n) is 4.03. The number of nitrogens with zero attached hydrogens (tertiary/aromatic N) is 4. The van der Waals surface area contributed by atoms with Crippen molar-refractivity contribution < 1.29 is 13.2 Å². The molecule has 0 spiro atoms. The SMILES string of the molecule is CCc1ncc(CN2CCCC2c2cccc(Cc3ccc(C(F)(F)F)cc3)n2)cn1. The van der Waals surface area contributed by atoms with Gasteiger partial charge in [0.05, 0.1) is 17.3 Å². The molecular weight excluding hydrogens is 401 g/mol. The summed E-state index contributed by atoms with van der Waals surface area (Å²) < 4.78 is 38.3. The molecule has 1 aromatic carbocycles. The van der Waals surface area contributed by atoms with Crippen LogP contribution in [0, 0.1) is 0 Å². The van der Waals surface area contributed by atoms with Crippen LogP contribution in [0.4, 0.5) is 13.2 Å². The van der Waals surface area contributed by atoms with Gasteiger partial charge in [0.1, 0.15) is 5.82 Å². The Morgan fingerprint density at radius 3 is 2.42 bits per heavy atom. The maximum atomic E-state index is 12.8. The van der Waals surface area contributed by atoms with E-state index < -0.39 is 11.7 Å². The van der Waals surface area contributed by atoms with Gasteiger partial charge in [0.25, 0.3) is 0 Å². The number of rotatable bonds is 6. The molecule has 3 aromatic rings. The highest BCUT2D eigenvalue weighted by atomic mass is 19.4. The summed E-state index contributed by atoms with van der Waals surface area (Å²) in [6.45, 7) is 3.80. The van der Waals surface area contributed by atoms with Crippen LogP contribution < -0.4 is 0 Å². The van der Waals surface area contributed by atoms with Crippen LogP contribution in [0.1, 0.15) is 59.7 Å². The summed E-state index contributed by atoms with van der Waals surface area (Å²) in [7, 11) is 0. The number of pyridine rings is 1. The largest absolute Gasteiger partial charge is 0.416 e. The van der Waals surface area contributed by atoms with Crippen LogP contribution in [-0.4, -0.2) is 26.4 Å². The van der Waals surface area contributed by atoms with E-state index in [1.807, 2.05) is 37.5 Å². The molecule has 162 valence electrons. The van der Waals surface area contributed by atoms with E-state index in [0.29, 0.717) is 6.42 Å². The molecule has 1 saturated heterocycles. The molecule has 31 heavy (non-hydrogen) atoms. The maximum absolute atomic E-state index is 12.8. The number of likely N-dealkylation sites (tertiary alicyclic amines) is 1. The van der Waals surface area contributed by atoms with Crippen LogP contribution in [0.15, 0.2) is 54.9 Å². The van der Waals surface area contributed by atoms with Gasteiger partial charge in [0.15, 0.2) is 0 Å². The summed E-state index contributed by atoms with van der Waals surface area (Å²) in [4.78, 5) is 16.0. The molecule has 7 heteroatoms. The lowest BCUT2D eigenvalue weighted by Crippen LogP contribution is -2.24. The zero-order valence-corrected chi connectivity index (χ0v) is 17.4. The van der Waals surface area contributed by atoms with Crippen LogP contribution in [0.3, 0.4) is 0 Å². The van der Waals surface area contributed by atoms with Gasteiger partial charge in [-0.2, -0.15) is 13.2 Å². The molecule has 1 unspecified atom stereocenters. The number of halogens is 3. The number of benzene rings is 1. The molecule has 2 aromatic heterocycles. The molecule has 4 rings (SSSR count). The van der Waals surface area contributed by atoms with E-state index in [-0.39, 0.29) is 6.04 Å². The third kappa shape index (κ3) is 5.28. The predicted molar refractivity (Wildman–Crippen MR) is 112 cm³/mol. The predicted octanol–water partition coefficient (Wildman–Crippen LogP) is 5.38. The number of aromatic nitrogens is 3. The van der Waals surface area contributed by atoms with E-state index in [9.17, 15) is 13.2 Å². The van der Waals surface area contributed by atoms with Gasteiger partial charge in [-0.15, -0.1) is 0 Å². The van der Waals surface area contributed by atoms with Crippen molar-refractivity contribution in [1.82, 2.24) is 19.9 Å². The van der Waals surface area contributed by atoms with Gasteiger partial charge in [-0.25, -0.2) is 9.97 Å². The molecule has 0 bridgehead atoms. The summed E-state index contributed by atoms with van der Waals surface area (Å²) in [5, 5.41) is 0. The lowest BCUT2D eigenvalue weighted by Gasteiger charge is -2.24. The van der Waals surface area contributed by atoms with E-state index in [1.54, 1.807) is 0 Å². The Bertz CT molecular complexity index is 1000. The minimum Gasteiger partial charge on any atom is -0.290 e. The molecule has 1 atom stereocenters. The van der Waals surface area contributed by atoms with Crippen molar-refractivity contribution in [2.45, 2.75) is 51.4 Å². The Kier molecular flexibility index (Phi) is 6.32. The second-order valence-corrected chi connectivity index (χ2v) is 7.91. The van der Waals surface area contributed by atoms with Crippen LogP contribution in [0.2, 0.25) is 0 Å². The van der Waals surface area contributed by atoms with Crippen LogP contribution in [0.5, 0.6) is 0 Å². The Morgan fingerprint density at radius 2 is 1.74 bits per heavy atom. The highest BCUT2D eigenvalue weighted by Crippen LogP contribution is 2.32. The molecule has 0 amide bonds. The molecule has 0 saturated carbocycles. The Hall–Kier alpha value is -2.80. The maximum Gasteiger partial charge on any atom is 0.416 e. The van der Waals surface area contributed by atoms with Crippen LogP contribution in [-0.2, 0) is 25.6 Å². The molecule has 1 fully saturated rings. The standard InChI is InChI=1S/C24H25F3N4/c1-2-23-28-14-18(15-29-23)16-31-12-4-7-22(31)21-6-3-5-20(30-21)13-17-8-10-19(11-9-17)24(25,26)27/h3,5-6,8-11,14-15,22H,2,4,7,12-13,16H2,1H3. The third-order valence-corrected chi connectivity index (χ3v) is 5.66. The minimum absolute atomic E-state index is 0.221. The van der Waals surface area contributed by atoms with Crippen molar-refractivity contribution in [3.05, 3.63) is 88.8 Å².